The second-order valence-corrected chi connectivity index (χ2v) is 10.1. The van der Waals surface area contributed by atoms with E-state index in [1.807, 2.05) is 6.20 Å². The molecule has 27 heavy (non-hydrogen) atoms. The Hall–Kier alpha value is -1.70. The van der Waals surface area contributed by atoms with E-state index in [0.29, 0.717) is 16.7 Å². The van der Waals surface area contributed by atoms with Gasteiger partial charge in [-0.2, -0.15) is 0 Å². The number of hydrogen-bond acceptors (Lipinski definition) is 2. The third kappa shape index (κ3) is 2.38. The smallest absolute Gasteiger partial charge is 0.0343 e. The highest BCUT2D eigenvalue weighted by Crippen LogP contribution is 2.67. The van der Waals surface area contributed by atoms with E-state index in [1.54, 1.807) is 11.1 Å². The van der Waals surface area contributed by atoms with Crippen LogP contribution in [0.15, 0.2) is 42.3 Å². The quantitative estimate of drug-likeness (QED) is 0.626. The SMILES string of the molecule is CC1C[C@@H]2[C@H](CC[C@]3(C)C(c4cccnc4)=CC[C@@H]23)[C@@]2(C)CCC(=N)C=C12. The molecule has 0 spiro atoms. The van der Waals surface area contributed by atoms with Gasteiger partial charge in [0.25, 0.3) is 0 Å². The van der Waals surface area contributed by atoms with Crippen molar-refractivity contribution >= 4 is 11.3 Å². The van der Waals surface area contributed by atoms with Crippen molar-refractivity contribution in [2.24, 2.45) is 34.5 Å². The highest BCUT2D eigenvalue weighted by Gasteiger charge is 2.58. The average Bonchev–Trinajstić information content (AvgIpc) is 3.01. The van der Waals surface area contributed by atoms with Gasteiger partial charge in [0, 0.05) is 18.1 Å². The molecule has 4 aliphatic rings. The van der Waals surface area contributed by atoms with Gasteiger partial charge in [0.05, 0.1) is 0 Å². The van der Waals surface area contributed by atoms with Crippen molar-refractivity contribution in [1.82, 2.24) is 4.98 Å². The maximum absolute atomic E-state index is 8.20. The summed E-state index contributed by atoms with van der Waals surface area (Å²) in [6, 6.07) is 4.33. The third-order valence-electron chi connectivity index (χ3n) is 8.87. The lowest BCUT2D eigenvalue weighted by molar-refractivity contribution is -0.0318. The Balaban J connectivity index is 1.51. The molecule has 5 rings (SSSR count). The van der Waals surface area contributed by atoms with Gasteiger partial charge >= 0.3 is 0 Å². The van der Waals surface area contributed by atoms with Gasteiger partial charge < -0.3 is 5.41 Å². The van der Waals surface area contributed by atoms with E-state index in [1.165, 1.54) is 37.7 Å². The number of aromatic nitrogens is 1. The van der Waals surface area contributed by atoms with E-state index >= 15 is 0 Å². The standard InChI is InChI=1S/C25H32N2/c1-16-13-19-21-7-6-20(17-5-4-12-27-15-17)24(21,2)11-9-22(19)25(3)10-8-18(26)14-23(16)25/h4-6,12,14-16,19,21-22,26H,7-11,13H2,1-3H3/t16?,19-,21-,22-,24+,25+/m0/s1. The van der Waals surface area contributed by atoms with Gasteiger partial charge in [-0.05, 0) is 96.3 Å². The summed E-state index contributed by atoms with van der Waals surface area (Å²) in [5.74, 6) is 3.02. The third-order valence-corrected chi connectivity index (χ3v) is 8.87. The van der Waals surface area contributed by atoms with E-state index in [4.69, 9.17) is 5.41 Å². The van der Waals surface area contributed by atoms with Crippen LogP contribution in [0.3, 0.4) is 0 Å². The van der Waals surface area contributed by atoms with Gasteiger partial charge in [-0.15, -0.1) is 0 Å². The molecule has 0 aliphatic heterocycles. The number of rotatable bonds is 1. The van der Waals surface area contributed by atoms with Crippen molar-refractivity contribution in [1.29, 1.82) is 5.41 Å². The zero-order chi connectivity index (χ0) is 18.8. The molecule has 1 unspecified atom stereocenters. The maximum Gasteiger partial charge on any atom is 0.0343 e. The summed E-state index contributed by atoms with van der Waals surface area (Å²) < 4.78 is 0. The minimum Gasteiger partial charge on any atom is -0.305 e. The molecule has 0 radical (unpaired) electrons. The molecule has 1 heterocycles. The van der Waals surface area contributed by atoms with Gasteiger partial charge in [0.15, 0.2) is 0 Å². The second kappa shape index (κ2) is 5.90. The largest absolute Gasteiger partial charge is 0.305 e. The van der Waals surface area contributed by atoms with E-state index in [9.17, 15) is 0 Å². The van der Waals surface area contributed by atoms with Crippen LogP contribution in [0.2, 0.25) is 0 Å². The topological polar surface area (TPSA) is 36.7 Å². The first-order chi connectivity index (χ1) is 12.9. The van der Waals surface area contributed by atoms with Crippen LogP contribution >= 0.6 is 0 Å². The van der Waals surface area contributed by atoms with Gasteiger partial charge in [-0.3, -0.25) is 4.98 Å². The molecule has 1 N–H and O–H groups in total. The first kappa shape index (κ1) is 17.4. The van der Waals surface area contributed by atoms with E-state index in [2.05, 4.69) is 56.2 Å². The van der Waals surface area contributed by atoms with E-state index in [0.717, 1.165) is 29.9 Å². The molecule has 0 amide bonds. The lowest BCUT2D eigenvalue weighted by Crippen LogP contribution is -2.51. The van der Waals surface area contributed by atoms with Crippen LogP contribution in [-0.2, 0) is 0 Å². The Kier molecular flexibility index (Phi) is 3.80. The van der Waals surface area contributed by atoms with Crippen LogP contribution < -0.4 is 0 Å². The predicted molar refractivity (Wildman–Crippen MR) is 112 cm³/mol. The number of hydrogen-bond donors (Lipinski definition) is 1. The highest BCUT2D eigenvalue weighted by molar-refractivity contribution is 5.94. The van der Waals surface area contributed by atoms with Gasteiger partial charge in [0.1, 0.15) is 0 Å². The minimum atomic E-state index is 0.308. The van der Waals surface area contributed by atoms with Crippen LogP contribution in [0.5, 0.6) is 0 Å². The second-order valence-electron chi connectivity index (χ2n) is 10.1. The van der Waals surface area contributed by atoms with Crippen molar-refractivity contribution in [2.75, 3.05) is 0 Å². The molecule has 2 fully saturated rings. The molecule has 2 heteroatoms. The summed E-state index contributed by atoms with van der Waals surface area (Å²) in [4.78, 5) is 4.40. The fourth-order valence-corrected chi connectivity index (χ4v) is 7.55. The molecule has 4 aliphatic carbocycles. The predicted octanol–water partition coefficient (Wildman–Crippen LogP) is 6.30. The molecule has 1 aromatic rings. The van der Waals surface area contributed by atoms with Gasteiger partial charge in [-0.25, -0.2) is 0 Å². The summed E-state index contributed by atoms with van der Waals surface area (Å²) in [6.07, 6.45) is 16.1. The van der Waals surface area contributed by atoms with E-state index in [-0.39, 0.29) is 0 Å². The van der Waals surface area contributed by atoms with Crippen molar-refractivity contribution in [3.8, 4) is 0 Å². The van der Waals surface area contributed by atoms with Crippen molar-refractivity contribution in [3.63, 3.8) is 0 Å². The Bertz CT molecular complexity index is 835. The first-order valence-corrected chi connectivity index (χ1v) is 10.8. The minimum absolute atomic E-state index is 0.308. The average molecular weight is 361 g/mol. The number of nitrogens with one attached hydrogen (secondary N) is 1. The summed E-state index contributed by atoms with van der Waals surface area (Å²) in [7, 11) is 0. The zero-order valence-corrected chi connectivity index (χ0v) is 17.0. The van der Waals surface area contributed by atoms with Crippen molar-refractivity contribution < 1.29 is 0 Å². The van der Waals surface area contributed by atoms with Crippen LogP contribution in [0.4, 0.5) is 0 Å². The van der Waals surface area contributed by atoms with Crippen LogP contribution in [0.1, 0.15) is 64.9 Å². The molecule has 1 aromatic heterocycles. The zero-order valence-electron chi connectivity index (χ0n) is 17.0. The van der Waals surface area contributed by atoms with Gasteiger partial charge in [0.2, 0.25) is 0 Å². The number of pyridine rings is 1. The number of nitrogens with zero attached hydrogens (tertiary/aromatic N) is 1. The Morgan fingerprint density at radius 3 is 2.78 bits per heavy atom. The summed E-state index contributed by atoms with van der Waals surface area (Å²) in [5, 5.41) is 8.20. The molecule has 2 saturated carbocycles. The van der Waals surface area contributed by atoms with Gasteiger partial charge in [-0.1, -0.05) is 38.5 Å². The molecular formula is C25H32N2. The molecular weight excluding hydrogens is 328 g/mol. The van der Waals surface area contributed by atoms with E-state index < -0.39 is 0 Å². The van der Waals surface area contributed by atoms with Crippen molar-refractivity contribution in [3.05, 3.63) is 47.8 Å². The summed E-state index contributed by atoms with van der Waals surface area (Å²) in [6.45, 7) is 7.50. The Morgan fingerprint density at radius 2 is 2.00 bits per heavy atom. The normalized spacial score (nSPS) is 43.3. The molecule has 0 saturated heterocycles. The van der Waals surface area contributed by atoms with Crippen LogP contribution in [-0.4, -0.2) is 10.7 Å². The Morgan fingerprint density at radius 1 is 1.15 bits per heavy atom. The summed E-state index contributed by atoms with van der Waals surface area (Å²) >= 11 is 0. The summed E-state index contributed by atoms with van der Waals surface area (Å²) in [5.41, 5.74) is 5.98. The molecule has 0 bridgehead atoms. The lowest BCUT2D eigenvalue weighted by atomic mass is 9.45. The fourth-order valence-electron chi connectivity index (χ4n) is 7.55. The molecule has 2 nitrogen and oxygen atoms in total. The molecule has 0 aromatic carbocycles. The monoisotopic (exact) mass is 360 g/mol. The number of fused-ring (bicyclic) bond motifs is 5. The molecule has 142 valence electrons. The van der Waals surface area contributed by atoms with Crippen LogP contribution in [0.25, 0.3) is 5.57 Å². The highest BCUT2D eigenvalue weighted by atomic mass is 14.6. The first-order valence-electron chi connectivity index (χ1n) is 10.8. The molecule has 6 atom stereocenters. The van der Waals surface area contributed by atoms with Crippen molar-refractivity contribution in [2.45, 2.75) is 59.3 Å². The Labute approximate surface area is 163 Å². The maximum atomic E-state index is 8.20. The number of allylic oxidation sites excluding steroid dienone is 4. The fraction of sp³-hybridized carbons (Fsp3) is 0.600. The lowest BCUT2D eigenvalue weighted by Gasteiger charge is -2.59. The van der Waals surface area contributed by atoms with Crippen LogP contribution in [0, 0.1) is 39.9 Å².